The summed E-state index contributed by atoms with van der Waals surface area (Å²) < 4.78 is 60.0. The summed E-state index contributed by atoms with van der Waals surface area (Å²) in [5.74, 6) is -1.96. The lowest BCUT2D eigenvalue weighted by Gasteiger charge is -2.39. The SMILES string of the molecule is C[C@]1(c2cc(NC(=O)c3ncc(Cl)cc3Cl)ccc2F)N=C(N)CO[C@H]1C(F)(F)F. The molecule has 1 aliphatic heterocycles. The molecule has 1 aromatic carbocycles. The van der Waals surface area contributed by atoms with Crippen LogP contribution in [0.5, 0.6) is 0 Å². The zero-order chi connectivity index (χ0) is 22.3. The first-order chi connectivity index (χ1) is 13.9. The number of carbonyl (C=O) groups is 1. The van der Waals surface area contributed by atoms with E-state index < -0.39 is 41.7 Å². The quantitative estimate of drug-likeness (QED) is 0.662. The number of pyridine rings is 1. The first-order valence-electron chi connectivity index (χ1n) is 8.37. The summed E-state index contributed by atoms with van der Waals surface area (Å²) in [4.78, 5) is 20.1. The van der Waals surface area contributed by atoms with Gasteiger partial charge in [-0.25, -0.2) is 9.37 Å². The van der Waals surface area contributed by atoms with E-state index in [1.807, 2.05) is 0 Å². The van der Waals surface area contributed by atoms with Gasteiger partial charge < -0.3 is 15.8 Å². The minimum atomic E-state index is -4.84. The van der Waals surface area contributed by atoms with E-state index in [1.54, 1.807) is 0 Å². The standard InChI is InChI=1S/C18H14Cl2F4N4O2/c1-17(16(18(22,23)24)30-7-13(25)28-17)10-5-9(2-3-12(10)21)27-15(29)14-11(20)4-8(19)6-26-14/h2-6,16H,7H2,1H3,(H2,25,28)(H,27,29)/t16-,17-/m1/s1. The Morgan fingerprint density at radius 2 is 2.03 bits per heavy atom. The molecule has 0 bridgehead atoms. The summed E-state index contributed by atoms with van der Waals surface area (Å²) in [6, 6.07) is 4.40. The van der Waals surface area contributed by atoms with Crippen molar-refractivity contribution >= 4 is 40.6 Å². The second kappa shape index (κ2) is 8.01. The van der Waals surface area contributed by atoms with E-state index in [2.05, 4.69) is 15.3 Å². The summed E-state index contributed by atoms with van der Waals surface area (Å²) in [5, 5.41) is 2.58. The molecule has 1 amide bonds. The monoisotopic (exact) mass is 464 g/mol. The van der Waals surface area contributed by atoms with Crippen LogP contribution >= 0.6 is 23.2 Å². The van der Waals surface area contributed by atoms with Crippen LogP contribution in [0.25, 0.3) is 0 Å². The summed E-state index contributed by atoms with van der Waals surface area (Å²) in [5.41, 5.74) is 2.71. The number of aliphatic imine (C=N–C) groups is 1. The fourth-order valence-corrected chi connectivity index (χ4v) is 3.56. The molecule has 12 heteroatoms. The zero-order valence-electron chi connectivity index (χ0n) is 15.2. The van der Waals surface area contributed by atoms with Crippen LogP contribution in [0.15, 0.2) is 35.5 Å². The Morgan fingerprint density at radius 1 is 1.33 bits per heavy atom. The number of nitrogens with two attached hydrogens (primary N) is 1. The van der Waals surface area contributed by atoms with Gasteiger partial charge >= 0.3 is 6.18 Å². The number of hydrogen-bond donors (Lipinski definition) is 2. The molecule has 0 radical (unpaired) electrons. The molecule has 30 heavy (non-hydrogen) atoms. The smallest absolute Gasteiger partial charge is 0.386 e. The van der Waals surface area contributed by atoms with Crippen molar-refractivity contribution < 1.29 is 27.1 Å². The van der Waals surface area contributed by atoms with E-state index in [4.69, 9.17) is 33.7 Å². The predicted octanol–water partition coefficient (Wildman–Crippen LogP) is 4.31. The molecule has 1 aromatic heterocycles. The molecule has 0 spiro atoms. The molecule has 2 atom stereocenters. The Morgan fingerprint density at radius 3 is 2.67 bits per heavy atom. The van der Waals surface area contributed by atoms with Gasteiger partial charge in [-0.2, -0.15) is 13.2 Å². The second-order valence-corrected chi connectivity index (χ2v) is 7.46. The third kappa shape index (κ3) is 4.35. The number of amides is 1. The number of nitrogens with zero attached hydrogens (tertiary/aromatic N) is 2. The lowest BCUT2D eigenvalue weighted by molar-refractivity contribution is -0.238. The largest absolute Gasteiger partial charge is 0.417 e. The van der Waals surface area contributed by atoms with E-state index in [1.165, 1.54) is 18.3 Å². The number of ether oxygens (including phenoxy) is 1. The van der Waals surface area contributed by atoms with E-state index in [0.29, 0.717) is 0 Å². The fourth-order valence-electron chi connectivity index (χ4n) is 3.10. The van der Waals surface area contributed by atoms with Crippen molar-refractivity contribution in [3.05, 3.63) is 57.6 Å². The molecule has 0 aliphatic carbocycles. The van der Waals surface area contributed by atoms with Crippen LogP contribution in [0.3, 0.4) is 0 Å². The van der Waals surface area contributed by atoms with Crippen LogP contribution in [0.1, 0.15) is 23.0 Å². The van der Waals surface area contributed by atoms with E-state index >= 15 is 0 Å². The van der Waals surface area contributed by atoms with Crippen LogP contribution < -0.4 is 11.1 Å². The molecule has 2 aromatic rings. The molecule has 0 unspecified atom stereocenters. The van der Waals surface area contributed by atoms with Crippen molar-refractivity contribution in [2.24, 2.45) is 10.7 Å². The molecular weight excluding hydrogens is 451 g/mol. The highest BCUT2D eigenvalue weighted by molar-refractivity contribution is 6.36. The van der Waals surface area contributed by atoms with Crippen molar-refractivity contribution in [1.82, 2.24) is 4.98 Å². The third-order valence-corrected chi connectivity index (χ3v) is 4.87. The number of amidine groups is 1. The Labute approximate surface area is 178 Å². The molecule has 0 saturated heterocycles. The van der Waals surface area contributed by atoms with Crippen LogP contribution in [-0.4, -0.2) is 35.6 Å². The lowest BCUT2D eigenvalue weighted by Crippen LogP contribution is -2.53. The summed E-state index contributed by atoms with van der Waals surface area (Å²) in [6.45, 7) is 0.511. The van der Waals surface area contributed by atoms with E-state index in [9.17, 15) is 22.4 Å². The van der Waals surface area contributed by atoms with E-state index in [0.717, 1.165) is 19.1 Å². The number of anilines is 1. The number of nitrogens with one attached hydrogen (secondary N) is 1. The minimum absolute atomic E-state index is 0.00860. The molecule has 3 N–H and O–H groups in total. The topological polar surface area (TPSA) is 89.6 Å². The number of halogens is 6. The van der Waals surface area contributed by atoms with Gasteiger partial charge in [0, 0.05) is 17.4 Å². The molecule has 0 fully saturated rings. The molecule has 3 rings (SSSR count). The Hall–Kier alpha value is -2.43. The summed E-state index contributed by atoms with van der Waals surface area (Å²) in [6.07, 6.45) is -6.08. The third-order valence-electron chi connectivity index (χ3n) is 4.37. The number of benzene rings is 1. The van der Waals surface area contributed by atoms with Crippen LogP contribution in [0, 0.1) is 5.82 Å². The lowest BCUT2D eigenvalue weighted by atomic mass is 9.84. The van der Waals surface area contributed by atoms with Gasteiger partial charge in [0.2, 0.25) is 0 Å². The van der Waals surface area contributed by atoms with Crippen molar-refractivity contribution in [3.63, 3.8) is 0 Å². The van der Waals surface area contributed by atoms with Crippen molar-refractivity contribution in [2.75, 3.05) is 11.9 Å². The summed E-state index contributed by atoms with van der Waals surface area (Å²) >= 11 is 11.7. The maximum Gasteiger partial charge on any atom is 0.417 e. The van der Waals surface area contributed by atoms with Crippen molar-refractivity contribution in [1.29, 1.82) is 0 Å². The number of carbonyl (C=O) groups excluding carboxylic acids is 1. The second-order valence-electron chi connectivity index (χ2n) is 6.62. The van der Waals surface area contributed by atoms with Gasteiger partial charge in [0.05, 0.1) is 10.0 Å². The van der Waals surface area contributed by atoms with Crippen LogP contribution in [0.2, 0.25) is 10.0 Å². The number of aromatic nitrogens is 1. The normalized spacial score (nSPS) is 21.8. The van der Waals surface area contributed by atoms with Gasteiger partial charge in [-0.1, -0.05) is 23.2 Å². The molecular formula is C18H14Cl2F4N4O2. The number of hydrogen-bond acceptors (Lipinski definition) is 5. The van der Waals surface area contributed by atoms with Gasteiger partial charge in [-0.15, -0.1) is 0 Å². The molecule has 160 valence electrons. The number of rotatable bonds is 3. The number of alkyl halides is 3. The van der Waals surface area contributed by atoms with Gasteiger partial charge in [-0.3, -0.25) is 9.79 Å². The molecule has 1 aliphatic rings. The maximum absolute atomic E-state index is 14.6. The molecule has 6 nitrogen and oxygen atoms in total. The highest BCUT2D eigenvalue weighted by Crippen LogP contribution is 2.43. The first kappa shape index (κ1) is 22.3. The Kier molecular flexibility index (Phi) is 5.94. The average molecular weight is 465 g/mol. The van der Waals surface area contributed by atoms with Gasteiger partial charge in [0.1, 0.15) is 29.5 Å². The van der Waals surface area contributed by atoms with Gasteiger partial charge in [0.25, 0.3) is 5.91 Å². The Balaban J connectivity index is 2.00. The average Bonchev–Trinajstić information content (AvgIpc) is 2.61. The highest BCUT2D eigenvalue weighted by atomic mass is 35.5. The van der Waals surface area contributed by atoms with Crippen LogP contribution in [-0.2, 0) is 10.3 Å². The summed E-state index contributed by atoms with van der Waals surface area (Å²) in [7, 11) is 0. The van der Waals surface area contributed by atoms with Crippen molar-refractivity contribution in [3.8, 4) is 0 Å². The fraction of sp³-hybridized carbons (Fsp3) is 0.278. The zero-order valence-corrected chi connectivity index (χ0v) is 16.7. The molecule has 0 saturated carbocycles. The predicted molar refractivity (Wildman–Crippen MR) is 103 cm³/mol. The maximum atomic E-state index is 14.6. The minimum Gasteiger partial charge on any atom is -0.386 e. The van der Waals surface area contributed by atoms with Crippen LogP contribution in [0.4, 0.5) is 23.2 Å². The Bertz CT molecular complexity index is 1030. The van der Waals surface area contributed by atoms with Gasteiger partial charge in [-0.05, 0) is 31.2 Å². The highest BCUT2D eigenvalue weighted by Gasteiger charge is 2.56. The molecule has 2 heterocycles. The van der Waals surface area contributed by atoms with E-state index in [-0.39, 0.29) is 27.3 Å². The van der Waals surface area contributed by atoms with Crippen molar-refractivity contribution in [2.45, 2.75) is 24.7 Å². The first-order valence-corrected chi connectivity index (χ1v) is 9.12. The van der Waals surface area contributed by atoms with Gasteiger partial charge in [0.15, 0.2) is 6.10 Å².